The van der Waals surface area contributed by atoms with Crippen LogP contribution in [0, 0.1) is 5.82 Å². The second-order valence-corrected chi connectivity index (χ2v) is 8.72. The average Bonchev–Trinajstić information content (AvgIpc) is 2.94. The van der Waals surface area contributed by atoms with E-state index in [-0.39, 0.29) is 29.9 Å². The third-order valence-electron chi connectivity index (χ3n) is 6.16. The lowest BCUT2D eigenvalue weighted by Gasteiger charge is -2.30. The van der Waals surface area contributed by atoms with Crippen molar-refractivity contribution in [2.45, 2.75) is 13.1 Å². The molecule has 0 spiro atoms. The largest absolute Gasteiger partial charge is 0.496 e. The maximum atomic E-state index is 13.8. The maximum absolute atomic E-state index is 13.8. The molecule has 4 aromatic carbocycles. The highest BCUT2D eigenvalue weighted by Crippen LogP contribution is 2.36. The van der Waals surface area contributed by atoms with Gasteiger partial charge in [-0.25, -0.2) is 4.39 Å². The molecule has 0 atom stereocenters. The Hall–Kier alpha value is -4.91. The quantitative estimate of drug-likeness (QED) is 0.324. The number of methoxy groups -OCH3 is 1. The van der Waals surface area contributed by atoms with Crippen molar-refractivity contribution in [2.75, 3.05) is 12.0 Å². The second-order valence-electron chi connectivity index (χ2n) is 8.72. The van der Waals surface area contributed by atoms with Crippen molar-refractivity contribution in [3.05, 3.63) is 131 Å². The smallest absolute Gasteiger partial charge is 0.294 e. The zero-order valence-corrected chi connectivity index (χ0v) is 20.7. The number of nitrogens with zero attached hydrogens (tertiary/aromatic N) is 1. The molecule has 0 aromatic heterocycles. The van der Waals surface area contributed by atoms with Gasteiger partial charge in [0.2, 0.25) is 0 Å². The lowest BCUT2D eigenvalue weighted by atomic mass is 10.1. The summed E-state index contributed by atoms with van der Waals surface area (Å²) in [6, 6.07) is 27.8. The molecule has 1 N–H and O–H groups in total. The molecule has 0 radical (unpaired) electrons. The summed E-state index contributed by atoms with van der Waals surface area (Å²) in [5.41, 5.74) is 3.33. The Morgan fingerprint density at radius 1 is 0.974 bits per heavy atom. The average molecular weight is 509 g/mol. The van der Waals surface area contributed by atoms with Gasteiger partial charge in [-0.15, -0.1) is 0 Å². The van der Waals surface area contributed by atoms with Gasteiger partial charge in [-0.3, -0.25) is 14.5 Å². The number of hydrogen-bond donors (Lipinski definition) is 1. The zero-order valence-electron chi connectivity index (χ0n) is 20.7. The number of carbonyl (C=O) groups excluding carboxylic acids is 2. The van der Waals surface area contributed by atoms with E-state index in [2.05, 4.69) is 5.32 Å². The number of ether oxygens (including phenoxy) is 2. The van der Waals surface area contributed by atoms with E-state index < -0.39 is 0 Å². The van der Waals surface area contributed by atoms with Crippen LogP contribution in [0.25, 0.3) is 6.08 Å². The molecular weight excluding hydrogens is 483 g/mol. The topological polar surface area (TPSA) is 67.9 Å². The molecule has 2 amide bonds. The van der Waals surface area contributed by atoms with Crippen molar-refractivity contribution >= 4 is 23.6 Å². The number of amides is 2. The lowest BCUT2D eigenvalue weighted by Crippen LogP contribution is -2.36. The standard InChI is InChI=1S/C31H25FN2O4/c1-37-27-11-4-2-8-24(27)19-33-30(35)23-15-13-21(14-16-23)18-29-31(36)34(20-22-7-6-9-25(32)17-22)26-10-3-5-12-28(26)38-29/h2-18H,19-20H2,1H3,(H,33,35). The van der Waals surface area contributed by atoms with Gasteiger partial charge in [-0.1, -0.05) is 54.6 Å². The van der Waals surface area contributed by atoms with Gasteiger partial charge in [0.1, 0.15) is 11.6 Å². The molecule has 0 fully saturated rings. The molecular formula is C31H25FN2O4. The molecule has 7 heteroatoms. The Morgan fingerprint density at radius 3 is 2.53 bits per heavy atom. The van der Waals surface area contributed by atoms with Gasteiger partial charge in [-0.2, -0.15) is 0 Å². The molecule has 6 nitrogen and oxygen atoms in total. The van der Waals surface area contributed by atoms with E-state index in [1.165, 1.54) is 12.1 Å². The Morgan fingerprint density at radius 2 is 1.74 bits per heavy atom. The first-order valence-electron chi connectivity index (χ1n) is 12.1. The SMILES string of the molecule is COc1ccccc1CNC(=O)c1ccc(C=C2Oc3ccccc3N(Cc3cccc(F)c3)C2=O)cc1. The minimum atomic E-state index is -0.362. The summed E-state index contributed by atoms with van der Waals surface area (Å²) in [7, 11) is 1.59. The van der Waals surface area contributed by atoms with Crippen LogP contribution in [0.4, 0.5) is 10.1 Å². The number of carbonyl (C=O) groups is 2. The lowest BCUT2D eigenvalue weighted by molar-refractivity contribution is -0.117. The first-order chi connectivity index (χ1) is 18.5. The van der Waals surface area contributed by atoms with Crippen molar-refractivity contribution < 1.29 is 23.5 Å². The van der Waals surface area contributed by atoms with E-state index in [1.54, 1.807) is 66.6 Å². The van der Waals surface area contributed by atoms with Crippen LogP contribution >= 0.6 is 0 Å². The molecule has 1 heterocycles. The Labute approximate surface area is 219 Å². The molecule has 5 rings (SSSR count). The van der Waals surface area contributed by atoms with Crippen LogP contribution in [0.2, 0.25) is 0 Å². The molecule has 38 heavy (non-hydrogen) atoms. The third-order valence-corrected chi connectivity index (χ3v) is 6.16. The molecule has 0 saturated carbocycles. The minimum Gasteiger partial charge on any atom is -0.496 e. The van der Waals surface area contributed by atoms with Crippen LogP contribution in [0.5, 0.6) is 11.5 Å². The van der Waals surface area contributed by atoms with Gasteiger partial charge in [0.15, 0.2) is 11.5 Å². The minimum absolute atomic E-state index is 0.133. The summed E-state index contributed by atoms with van der Waals surface area (Å²) in [6.07, 6.45) is 1.63. The van der Waals surface area contributed by atoms with E-state index in [0.29, 0.717) is 40.4 Å². The number of rotatable bonds is 7. The van der Waals surface area contributed by atoms with Crippen molar-refractivity contribution in [1.82, 2.24) is 5.32 Å². The van der Waals surface area contributed by atoms with E-state index in [9.17, 15) is 14.0 Å². The number of benzene rings is 4. The summed E-state index contributed by atoms with van der Waals surface area (Å²) < 4.78 is 25.0. The Balaban J connectivity index is 1.33. The molecule has 1 aliphatic heterocycles. The monoisotopic (exact) mass is 508 g/mol. The fourth-order valence-electron chi connectivity index (χ4n) is 4.25. The fourth-order valence-corrected chi connectivity index (χ4v) is 4.25. The van der Waals surface area contributed by atoms with E-state index >= 15 is 0 Å². The predicted molar refractivity (Wildman–Crippen MR) is 143 cm³/mol. The molecule has 4 aromatic rings. The maximum Gasteiger partial charge on any atom is 0.294 e. The van der Waals surface area contributed by atoms with Gasteiger partial charge in [0.05, 0.1) is 19.3 Å². The number of fused-ring (bicyclic) bond motifs is 1. The summed E-state index contributed by atoms with van der Waals surface area (Å²) in [6.45, 7) is 0.525. The molecule has 0 bridgehead atoms. The highest BCUT2D eigenvalue weighted by Gasteiger charge is 2.30. The predicted octanol–water partition coefficient (Wildman–Crippen LogP) is 5.73. The Bertz CT molecular complexity index is 1510. The first kappa shape index (κ1) is 24.8. The summed E-state index contributed by atoms with van der Waals surface area (Å²) in [4.78, 5) is 27.6. The van der Waals surface area contributed by atoms with Crippen LogP contribution in [-0.4, -0.2) is 18.9 Å². The molecule has 1 aliphatic rings. The molecule has 0 unspecified atom stereocenters. The van der Waals surface area contributed by atoms with Crippen molar-refractivity contribution in [3.63, 3.8) is 0 Å². The number of halogens is 1. The van der Waals surface area contributed by atoms with Gasteiger partial charge in [-0.05, 0) is 59.7 Å². The highest BCUT2D eigenvalue weighted by molar-refractivity contribution is 6.09. The summed E-state index contributed by atoms with van der Waals surface area (Å²) >= 11 is 0. The zero-order chi connectivity index (χ0) is 26.5. The summed E-state index contributed by atoms with van der Waals surface area (Å²) in [5, 5.41) is 2.90. The second kappa shape index (κ2) is 11.0. The van der Waals surface area contributed by atoms with Gasteiger partial charge < -0.3 is 14.8 Å². The highest BCUT2D eigenvalue weighted by atomic mass is 19.1. The number of nitrogens with one attached hydrogen (secondary N) is 1. The number of para-hydroxylation sites is 3. The van der Waals surface area contributed by atoms with Crippen LogP contribution in [0.15, 0.2) is 103 Å². The van der Waals surface area contributed by atoms with Crippen molar-refractivity contribution in [3.8, 4) is 11.5 Å². The fraction of sp³-hybridized carbons (Fsp3) is 0.0968. The van der Waals surface area contributed by atoms with E-state index in [0.717, 1.165) is 5.56 Å². The number of anilines is 1. The van der Waals surface area contributed by atoms with Crippen molar-refractivity contribution in [2.24, 2.45) is 0 Å². The molecule has 0 saturated heterocycles. The number of hydrogen-bond acceptors (Lipinski definition) is 4. The van der Waals surface area contributed by atoms with Crippen LogP contribution in [0.1, 0.15) is 27.0 Å². The van der Waals surface area contributed by atoms with Crippen molar-refractivity contribution in [1.29, 1.82) is 0 Å². The first-order valence-corrected chi connectivity index (χ1v) is 12.1. The molecule has 190 valence electrons. The van der Waals surface area contributed by atoms with Crippen LogP contribution < -0.4 is 19.7 Å². The van der Waals surface area contributed by atoms with E-state index in [1.807, 2.05) is 36.4 Å². The normalized spacial score (nSPS) is 13.6. The third kappa shape index (κ3) is 5.42. The van der Waals surface area contributed by atoms with Crippen LogP contribution in [-0.2, 0) is 17.9 Å². The molecule has 0 aliphatic carbocycles. The summed E-state index contributed by atoms with van der Waals surface area (Å²) in [5.74, 6) is 0.441. The van der Waals surface area contributed by atoms with Gasteiger partial charge >= 0.3 is 0 Å². The van der Waals surface area contributed by atoms with Gasteiger partial charge in [0, 0.05) is 17.7 Å². The Kier molecular flexibility index (Phi) is 7.17. The van der Waals surface area contributed by atoms with Crippen LogP contribution in [0.3, 0.4) is 0 Å². The van der Waals surface area contributed by atoms with Gasteiger partial charge in [0.25, 0.3) is 11.8 Å². The van der Waals surface area contributed by atoms with E-state index in [4.69, 9.17) is 9.47 Å².